The van der Waals surface area contributed by atoms with Gasteiger partial charge in [-0.15, -0.1) is 16.4 Å². The minimum atomic E-state index is -0.409. The molecule has 9 heteroatoms. The largest absolute Gasteiger partial charge is 0.465 e. The Bertz CT molecular complexity index is 1060. The monoisotopic (exact) mass is 397 g/mol. The van der Waals surface area contributed by atoms with Crippen molar-refractivity contribution in [3.05, 3.63) is 45.8 Å². The number of carbonyl (C=O) groups is 2. The van der Waals surface area contributed by atoms with Gasteiger partial charge in [-0.05, 0) is 53.8 Å². The van der Waals surface area contributed by atoms with E-state index < -0.39 is 5.97 Å². The van der Waals surface area contributed by atoms with Crippen LogP contribution in [0.1, 0.15) is 44.0 Å². The Morgan fingerprint density at radius 3 is 2.82 bits per heavy atom. The van der Waals surface area contributed by atoms with Gasteiger partial charge in [-0.1, -0.05) is 12.1 Å². The number of anilines is 1. The summed E-state index contributed by atoms with van der Waals surface area (Å²) in [5, 5.41) is 14.9. The van der Waals surface area contributed by atoms with Crippen molar-refractivity contribution in [3.63, 3.8) is 0 Å². The molecule has 1 N–H and O–H groups in total. The molecule has 2 aromatic heterocycles. The van der Waals surface area contributed by atoms with Crippen LogP contribution in [0, 0.1) is 0 Å². The first-order chi connectivity index (χ1) is 13.6. The first-order valence-electron chi connectivity index (χ1n) is 8.95. The van der Waals surface area contributed by atoms with Gasteiger partial charge in [0, 0.05) is 23.1 Å². The van der Waals surface area contributed by atoms with E-state index in [1.54, 1.807) is 29.9 Å². The van der Waals surface area contributed by atoms with Gasteiger partial charge in [0.15, 0.2) is 5.82 Å². The molecule has 0 radical (unpaired) electrons. The summed E-state index contributed by atoms with van der Waals surface area (Å²) in [7, 11) is 3.10. The van der Waals surface area contributed by atoms with Gasteiger partial charge in [-0.25, -0.2) is 9.48 Å². The Morgan fingerprint density at radius 2 is 2.07 bits per heavy atom. The van der Waals surface area contributed by atoms with Crippen molar-refractivity contribution < 1.29 is 14.3 Å². The molecule has 144 valence electrons. The number of aromatic nitrogens is 4. The van der Waals surface area contributed by atoms with Gasteiger partial charge in [-0.2, -0.15) is 0 Å². The predicted octanol–water partition coefficient (Wildman–Crippen LogP) is 2.86. The number of ether oxygens (including phenoxy) is 1. The fourth-order valence-corrected chi connectivity index (χ4v) is 4.69. The van der Waals surface area contributed by atoms with Crippen molar-refractivity contribution >= 4 is 28.2 Å². The van der Waals surface area contributed by atoms with Crippen molar-refractivity contribution in [2.45, 2.75) is 25.7 Å². The van der Waals surface area contributed by atoms with Crippen molar-refractivity contribution in [3.8, 4) is 11.4 Å². The first kappa shape index (κ1) is 18.3. The summed E-state index contributed by atoms with van der Waals surface area (Å²) in [6, 6.07) is 7.06. The van der Waals surface area contributed by atoms with E-state index in [2.05, 4.69) is 20.8 Å². The molecule has 4 rings (SSSR count). The SMILES string of the molecule is COC(=O)c1c(NC(=O)c2cccc(-c3nnnn3C)c2)sc2c1CCCC2. The van der Waals surface area contributed by atoms with Crippen molar-refractivity contribution in [2.24, 2.45) is 7.05 Å². The first-order valence-corrected chi connectivity index (χ1v) is 9.77. The Kier molecular flexibility index (Phi) is 4.91. The summed E-state index contributed by atoms with van der Waals surface area (Å²) in [5.74, 6) is -0.133. The molecular weight excluding hydrogens is 378 g/mol. The van der Waals surface area contributed by atoms with Crippen molar-refractivity contribution in [2.75, 3.05) is 12.4 Å². The maximum absolute atomic E-state index is 12.9. The van der Waals surface area contributed by atoms with Gasteiger partial charge in [0.2, 0.25) is 0 Å². The zero-order chi connectivity index (χ0) is 19.7. The molecule has 2 heterocycles. The van der Waals surface area contributed by atoms with Crippen LogP contribution in [0.4, 0.5) is 5.00 Å². The van der Waals surface area contributed by atoms with Crippen LogP contribution in [-0.2, 0) is 24.6 Å². The second kappa shape index (κ2) is 7.51. The van der Waals surface area contributed by atoms with Gasteiger partial charge in [0.25, 0.3) is 5.91 Å². The number of amides is 1. The van der Waals surface area contributed by atoms with Crippen LogP contribution in [0.15, 0.2) is 24.3 Å². The number of benzene rings is 1. The van der Waals surface area contributed by atoms with E-state index in [0.29, 0.717) is 22.0 Å². The zero-order valence-corrected chi connectivity index (χ0v) is 16.4. The summed E-state index contributed by atoms with van der Waals surface area (Å²) in [6.07, 6.45) is 3.89. The van der Waals surface area contributed by atoms with Crippen molar-refractivity contribution in [1.29, 1.82) is 0 Å². The lowest BCUT2D eigenvalue weighted by Crippen LogP contribution is -2.15. The Morgan fingerprint density at radius 1 is 1.25 bits per heavy atom. The van der Waals surface area contributed by atoms with Gasteiger partial charge < -0.3 is 10.1 Å². The number of hydrogen-bond donors (Lipinski definition) is 1. The molecule has 1 aliphatic carbocycles. The Hall–Kier alpha value is -3.07. The fourth-order valence-electron chi connectivity index (χ4n) is 3.42. The molecule has 28 heavy (non-hydrogen) atoms. The number of esters is 1. The predicted molar refractivity (Wildman–Crippen MR) is 104 cm³/mol. The number of fused-ring (bicyclic) bond motifs is 1. The van der Waals surface area contributed by atoms with Crippen LogP contribution >= 0.6 is 11.3 Å². The second-order valence-electron chi connectivity index (χ2n) is 6.57. The van der Waals surface area contributed by atoms with E-state index in [9.17, 15) is 9.59 Å². The summed E-state index contributed by atoms with van der Waals surface area (Å²) < 4.78 is 6.50. The molecule has 0 spiro atoms. The maximum Gasteiger partial charge on any atom is 0.341 e. The highest BCUT2D eigenvalue weighted by Gasteiger charge is 2.27. The van der Waals surface area contributed by atoms with Gasteiger partial charge >= 0.3 is 5.97 Å². The third-order valence-electron chi connectivity index (χ3n) is 4.79. The molecule has 0 atom stereocenters. The summed E-state index contributed by atoms with van der Waals surface area (Å²) in [6.45, 7) is 0. The number of methoxy groups -OCH3 is 1. The minimum Gasteiger partial charge on any atom is -0.465 e. The molecule has 0 unspecified atom stereocenters. The quantitative estimate of drug-likeness (QED) is 0.680. The van der Waals surface area contributed by atoms with Crippen LogP contribution < -0.4 is 5.32 Å². The van der Waals surface area contributed by atoms with Crippen LogP contribution in [0.2, 0.25) is 0 Å². The standard InChI is InChI=1S/C19H19N5O3S/c1-24-16(21-22-23-24)11-6-5-7-12(10-11)17(25)20-18-15(19(26)27-2)13-8-3-4-9-14(13)28-18/h5-7,10H,3-4,8-9H2,1-2H3,(H,20,25). The molecule has 3 aromatic rings. The molecule has 0 fully saturated rings. The highest BCUT2D eigenvalue weighted by molar-refractivity contribution is 7.17. The average Bonchev–Trinajstić information content (AvgIpc) is 3.30. The lowest BCUT2D eigenvalue weighted by molar-refractivity contribution is 0.0601. The number of tetrazole rings is 1. The number of carbonyl (C=O) groups excluding carboxylic acids is 2. The molecule has 0 saturated heterocycles. The fraction of sp³-hybridized carbons (Fsp3) is 0.316. The third kappa shape index (κ3) is 3.29. The smallest absolute Gasteiger partial charge is 0.341 e. The summed E-state index contributed by atoms with van der Waals surface area (Å²) in [4.78, 5) is 26.4. The van der Waals surface area contributed by atoms with Crippen molar-refractivity contribution in [1.82, 2.24) is 20.2 Å². The highest BCUT2D eigenvalue weighted by Crippen LogP contribution is 2.38. The molecule has 0 bridgehead atoms. The lowest BCUT2D eigenvalue weighted by atomic mass is 9.95. The third-order valence-corrected chi connectivity index (χ3v) is 6.00. The van der Waals surface area contributed by atoms with E-state index in [-0.39, 0.29) is 5.91 Å². The van der Waals surface area contributed by atoms with E-state index in [1.165, 1.54) is 18.4 Å². The number of rotatable bonds is 4. The van der Waals surface area contributed by atoms with Crippen LogP contribution in [-0.4, -0.2) is 39.2 Å². The molecule has 0 saturated carbocycles. The number of nitrogens with zero attached hydrogens (tertiary/aromatic N) is 4. The van der Waals surface area contributed by atoms with E-state index in [1.807, 2.05) is 6.07 Å². The Balaban J connectivity index is 1.65. The number of thiophene rings is 1. The van der Waals surface area contributed by atoms with E-state index >= 15 is 0 Å². The van der Waals surface area contributed by atoms with E-state index in [4.69, 9.17) is 4.74 Å². The topological polar surface area (TPSA) is 99.0 Å². The molecule has 1 aromatic carbocycles. The molecule has 0 aliphatic heterocycles. The van der Waals surface area contributed by atoms with Gasteiger partial charge in [0.05, 0.1) is 12.7 Å². The normalized spacial score (nSPS) is 13.1. The van der Waals surface area contributed by atoms with Crippen LogP contribution in [0.3, 0.4) is 0 Å². The Labute approximate surface area is 165 Å². The summed E-state index contributed by atoms with van der Waals surface area (Å²) >= 11 is 1.46. The molecular formula is C19H19N5O3S. The van der Waals surface area contributed by atoms with Crippen LogP contribution in [0.25, 0.3) is 11.4 Å². The molecule has 8 nitrogen and oxygen atoms in total. The van der Waals surface area contributed by atoms with E-state index in [0.717, 1.165) is 41.7 Å². The summed E-state index contributed by atoms with van der Waals surface area (Å²) in [5.41, 5.74) is 2.70. The van der Waals surface area contributed by atoms with Crippen LogP contribution in [0.5, 0.6) is 0 Å². The number of hydrogen-bond acceptors (Lipinski definition) is 7. The molecule has 1 aliphatic rings. The lowest BCUT2D eigenvalue weighted by Gasteiger charge is -2.11. The second-order valence-corrected chi connectivity index (χ2v) is 7.67. The molecule has 1 amide bonds. The number of aryl methyl sites for hydroxylation is 2. The number of nitrogens with one attached hydrogen (secondary N) is 1. The minimum absolute atomic E-state index is 0.291. The zero-order valence-electron chi connectivity index (χ0n) is 15.6. The maximum atomic E-state index is 12.9. The average molecular weight is 397 g/mol. The highest BCUT2D eigenvalue weighted by atomic mass is 32.1. The van der Waals surface area contributed by atoms with Gasteiger partial charge in [0.1, 0.15) is 5.00 Å². The van der Waals surface area contributed by atoms with Gasteiger partial charge in [-0.3, -0.25) is 4.79 Å².